The van der Waals surface area contributed by atoms with Crippen molar-refractivity contribution >= 4 is 23.9 Å². The molecule has 0 aliphatic heterocycles. The van der Waals surface area contributed by atoms with E-state index in [0.29, 0.717) is 0 Å². The first-order valence-electron chi connectivity index (χ1n) is 8.53. The van der Waals surface area contributed by atoms with Gasteiger partial charge in [0, 0.05) is 14.1 Å². The van der Waals surface area contributed by atoms with E-state index in [1.807, 2.05) is 0 Å². The van der Waals surface area contributed by atoms with E-state index in [1.54, 1.807) is 20.8 Å². The van der Waals surface area contributed by atoms with Gasteiger partial charge in [0.25, 0.3) is 0 Å². The number of aliphatic hydroxyl groups excluding tert-OH is 1. The van der Waals surface area contributed by atoms with E-state index >= 15 is 0 Å². The third-order valence-corrected chi connectivity index (χ3v) is 3.97. The van der Waals surface area contributed by atoms with E-state index < -0.39 is 53.7 Å². The van der Waals surface area contributed by atoms with Gasteiger partial charge >= 0.3 is 12.1 Å². The van der Waals surface area contributed by atoms with Crippen LogP contribution in [0.2, 0.25) is 0 Å². The van der Waals surface area contributed by atoms with Crippen LogP contribution >= 0.6 is 0 Å². The molecular formula is C17H31N3O7. The Morgan fingerprint density at radius 2 is 1.44 bits per heavy atom. The second kappa shape index (κ2) is 9.54. The minimum absolute atomic E-state index is 0.532. The molecule has 0 aliphatic carbocycles. The maximum atomic E-state index is 12.6. The van der Waals surface area contributed by atoms with Crippen LogP contribution in [-0.4, -0.2) is 87.8 Å². The number of likely N-dealkylation sites (N-methyl/N-ethyl adjacent to an activating group) is 2. The lowest BCUT2D eigenvalue weighted by Gasteiger charge is -2.32. The zero-order valence-corrected chi connectivity index (χ0v) is 17.1. The lowest BCUT2D eigenvalue weighted by atomic mass is 10.1. The van der Waals surface area contributed by atoms with Gasteiger partial charge in [-0.05, 0) is 41.5 Å². The van der Waals surface area contributed by atoms with E-state index in [4.69, 9.17) is 9.84 Å². The number of carbonyl (C=O) groups is 4. The molecule has 10 nitrogen and oxygen atoms in total. The van der Waals surface area contributed by atoms with Crippen molar-refractivity contribution < 1.29 is 34.1 Å². The van der Waals surface area contributed by atoms with Crippen LogP contribution in [0.5, 0.6) is 0 Å². The monoisotopic (exact) mass is 389 g/mol. The molecule has 4 atom stereocenters. The number of hydrogen-bond acceptors (Lipinski definition) is 6. The van der Waals surface area contributed by atoms with Crippen molar-refractivity contribution in [2.75, 3.05) is 14.1 Å². The number of carbonyl (C=O) groups excluding carboxylic acids is 3. The quantitative estimate of drug-likeness (QED) is 0.559. The van der Waals surface area contributed by atoms with Crippen molar-refractivity contribution in [3.8, 4) is 0 Å². The van der Waals surface area contributed by atoms with Gasteiger partial charge in [0.2, 0.25) is 11.8 Å². The van der Waals surface area contributed by atoms with E-state index in [9.17, 15) is 24.3 Å². The summed E-state index contributed by atoms with van der Waals surface area (Å²) in [5.74, 6) is -2.67. The van der Waals surface area contributed by atoms with Gasteiger partial charge in [-0.15, -0.1) is 0 Å². The number of amides is 3. The Kier molecular flexibility index (Phi) is 8.71. The zero-order chi connectivity index (χ0) is 21.7. The molecule has 0 aromatic carbocycles. The van der Waals surface area contributed by atoms with E-state index in [0.717, 1.165) is 9.80 Å². The largest absolute Gasteiger partial charge is 0.480 e. The highest BCUT2D eigenvalue weighted by Gasteiger charge is 2.34. The number of rotatable bonds is 7. The van der Waals surface area contributed by atoms with Crippen molar-refractivity contribution in [1.29, 1.82) is 0 Å². The van der Waals surface area contributed by atoms with Gasteiger partial charge in [-0.25, -0.2) is 9.59 Å². The Balaban J connectivity index is 5.06. The first-order valence-corrected chi connectivity index (χ1v) is 8.53. The number of nitrogens with zero attached hydrogens (tertiary/aromatic N) is 2. The van der Waals surface area contributed by atoms with Crippen molar-refractivity contribution in [2.45, 2.75) is 71.4 Å². The molecular weight excluding hydrogens is 358 g/mol. The number of aliphatic carboxylic acids is 1. The van der Waals surface area contributed by atoms with Gasteiger partial charge in [0.1, 0.15) is 17.7 Å². The Morgan fingerprint density at radius 3 is 1.81 bits per heavy atom. The van der Waals surface area contributed by atoms with Crippen LogP contribution in [0.1, 0.15) is 41.5 Å². The predicted molar refractivity (Wildman–Crippen MR) is 96.9 cm³/mol. The topological polar surface area (TPSA) is 136 Å². The summed E-state index contributed by atoms with van der Waals surface area (Å²) in [4.78, 5) is 50.2. The van der Waals surface area contributed by atoms with Crippen molar-refractivity contribution in [3.05, 3.63) is 0 Å². The van der Waals surface area contributed by atoms with E-state index in [2.05, 4.69) is 5.32 Å². The maximum absolute atomic E-state index is 12.6. The molecule has 3 N–H and O–H groups in total. The van der Waals surface area contributed by atoms with Crippen molar-refractivity contribution in [1.82, 2.24) is 15.1 Å². The van der Waals surface area contributed by atoms with Crippen LogP contribution in [-0.2, 0) is 19.1 Å². The molecule has 0 saturated heterocycles. The molecule has 0 saturated carbocycles. The number of nitrogens with one attached hydrogen (secondary N) is 1. The summed E-state index contributed by atoms with van der Waals surface area (Å²) in [6.45, 7) is 9.23. The number of carboxylic acids is 1. The fourth-order valence-corrected chi connectivity index (χ4v) is 1.98. The van der Waals surface area contributed by atoms with Crippen LogP contribution in [0, 0.1) is 0 Å². The molecule has 156 valence electrons. The first kappa shape index (κ1) is 24.6. The summed E-state index contributed by atoms with van der Waals surface area (Å²) >= 11 is 0. The predicted octanol–water partition coefficient (Wildman–Crippen LogP) is 0.0389. The summed E-state index contributed by atoms with van der Waals surface area (Å²) < 4.78 is 5.21. The molecule has 0 spiro atoms. The number of ether oxygens (including phenoxy) is 1. The fraction of sp³-hybridized carbons (Fsp3) is 0.765. The summed E-state index contributed by atoms with van der Waals surface area (Å²) in [5.41, 5.74) is -0.722. The minimum Gasteiger partial charge on any atom is -0.480 e. The smallest absolute Gasteiger partial charge is 0.410 e. The molecule has 3 amide bonds. The minimum atomic E-state index is -1.50. The van der Waals surface area contributed by atoms with Crippen LogP contribution in [0.4, 0.5) is 4.79 Å². The fourth-order valence-electron chi connectivity index (χ4n) is 1.98. The molecule has 0 aliphatic rings. The standard InChI is InChI=1S/C17H31N3O7/c1-9(13(22)18-12(11(3)21)15(24)25)19(7)14(23)10(2)20(8)16(26)27-17(4,5)6/h9-12,21H,1-8H3,(H,18,22)(H,24,25)/t9-,10+,11+,12-/m1/s1. The average molecular weight is 389 g/mol. The SMILES string of the molecule is C[C@H](O)[C@@H](NC(=O)[C@@H](C)N(C)C(=O)[C@H](C)N(C)C(=O)OC(C)(C)C)C(=O)O. The molecule has 0 heterocycles. The van der Waals surface area contributed by atoms with E-state index in [-0.39, 0.29) is 0 Å². The molecule has 0 radical (unpaired) electrons. The van der Waals surface area contributed by atoms with Gasteiger partial charge in [-0.3, -0.25) is 14.5 Å². The second-order valence-electron chi connectivity index (χ2n) is 7.46. The maximum Gasteiger partial charge on any atom is 0.410 e. The lowest BCUT2D eigenvalue weighted by Crippen LogP contribution is -2.56. The summed E-state index contributed by atoms with van der Waals surface area (Å²) in [6, 6.07) is -3.43. The highest BCUT2D eigenvalue weighted by Crippen LogP contribution is 2.12. The molecule has 0 aromatic rings. The van der Waals surface area contributed by atoms with E-state index in [1.165, 1.54) is 34.9 Å². The molecule has 0 bridgehead atoms. The Bertz CT molecular complexity index is 571. The molecule has 0 rings (SSSR count). The van der Waals surface area contributed by atoms with Crippen LogP contribution in [0.25, 0.3) is 0 Å². The third-order valence-electron chi connectivity index (χ3n) is 3.97. The number of hydrogen-bond donors (Lipinski definition) is 3. The Hall–Kier alpha value is -2.36. The molecule has 0 unspecified atom stereocenters. The lowest BCUT2D eigenvalue weighted by molar-refractivity contribution is -0.147. The van der Waals surface area contributed by atoms with Gasteiger partial charge in [-0.1, -0.05) is 0 Å². The normalized spacial score (nSPS) is 15.7. The Labute approximate surface area is 159 Å². The Morgan fingerprint density at radius 1 is 0.963 bits per heavy atom. The molecule has 0 fully saturated rings. The van der Waals surface area contributed by atoms with Gasteiger partial charge in [0.15, 0.2) is 6.04 Å². The molecule has 27 heavy (non-hydrogen) atoms. The summed E-state index contributed by atoms with van der Waals surface area (Å²) in [6.07, 6.45) is -1.99. The zero-order valence-electron chi connectivity index (χ0n) is 17.1. The van der Waals surface area contributed by atoms with Crippen LogP contribution in [0.3, 0.4) is 0 Å². The van der Waals surface area contributed by atoms with Crippen molar-refractivity contribution in [3.63, 3.8) is 0 Å². The van der Waals surface area contributed by atoms with Crippen molar-refractivity contribution in [2.24, 2.45) is 0 Å². The van der Waals surface area contributed by atoms with Crippen LogP contribution < -0.4 is 5.32 Å². The summed E-state index contributed by atoms with van der Waals surface area (Å²) in [7, 11) is 2.77. The van der Waals surface area contributed by atoms with Crippen LogP contribution in [0.15, 0.2) is 0 Å². The third kappa shape index (κ3) is 7.41. The highest BCUT2D eigenvalue weighted by molar-refractivity contribution is 5.92. The molecule has 10 heteroatoms. The molecule has 0 aromatic heterocycles. The first-order chi connectivity index (χ1) is 12.1. The number of aliphatic hydroxyl groups is 1. The second-order valence-corrected chi connectivity index (χ2v) is 7.46. The van der Waals surface area contributed by atoms with Gasteiger partial charge in [0.05, 0.1) is 6.10 Å². The highest BCUT2D eigenvalue weighted by atomic mass is 16.6. The van der Waals surface area contributed by atoms with Gasteiger partial charge < -0.3 is 25.2 Å². The summed E-state index contributed by atoms with van der Waals surface area (Å²) in [5, 5.41) is 20.7. The number of carboxylic acid groups (broad SMARTS) is 1. The average Bonchev–Trinajstić information content (AvgIpc) is 2.53. The van der Waals surface area contributed by atoms with Gasteiger partial charge in [-0.2, -0.15) is 0 Å².